The van der Waals surface area contributed by atoms with E-state index in [0.717, 1.165) is 5.56 Å². The molecule has 0 spiro atoms. The normalized spacial score (nSPS) is 16.1. The van der Waals surface area contributed by atoms with Crippen LogP contribution in [0.1, 0.15) is 32.8 Å². The highest BCUT2D eigenvalue weighted by Gasteiger charge is 2.38. The van der Waals surface area contributed by atoms with Crippen LogP contribution < -0.4 is 5.06 Å². The van der Waals surface area contributed by atoms with Crippen LogP contribution in [0, 0.1) is 10.1 Å². The number of hydrogen-bond acceptors (Lipinski definition) is 5. The Hall–Kier alpha value is -2.11. The van der Waals surface area contributed by atoms with E-state index >= 15 is 0 Å². The lowest BCUT2D eigenvalue weighted by atomic mass is 9.87. The molecule has 0 fully saturated rings. The molecule has 1 aromatic carbocycles. The number of nitro benzene ring substituents is 1. The topological polar surface area (TPSA) is 72.7 Å². The van der Waals surface area contributed by atoms with E-state index in [1.807, 2.05) is 13.8 Å². The van der Waals surface area contributed by atoms with Crippen LogP contribution in [0.25, 0.3) is 0 Å². The van der Waals surface area contributed by atoms with Gasteiger partial charge in [-0.1, -0.05) is 20.8 Å². The van der Waals surface area contributed by atoms with E-state index in [1.165, 1.54) is 17.2 Å². The van der Waals surface area contributed by atoms with Gasteiger partial charge >= 0.3 is 5.97 Å². The lowest BCUT2D eigenvalue weighted by Crippen LogP contribution is -2.30. The van der Waals surface area contributed by atoms with Crippen LogP contribution >= 0.6 is 0 Å². The third-order valence-electron chi connectivity index (χ3n) is 3.23. The van der Waals surface area contributed by atoms with Crippen molar-refractivity contribution in [3.8, 4) is 0 Å². The molecule has 6 nitrogen and oxygen atoms in total. The highest BCUT2D eigenvalue weighted by Crippen LogP contribution is 2.42. The van der Waals surface area contributed by atoms with Crippen LogP contribution in [0.4, 0.5) is 11.4 Å². The number of hydrogen-bond donors (Lipinski definition) is 0. The smallest absolute Gasteiger partial charge is 0.332 e. The lowest BCUT2D eigenvalue weighted by molar-refractivity contribution is -0.384. The van der Waals surface area contributed by atoms with E-state index in [4.69, 9.17) is 4.84 Å². The van der Waals surface area contributed by atoms with Gasteiger partial charge < -0.3 is 4.84 Å². The number of rotatable bonds is 3. The van der Waals surface area contributed by atoms with Crippen molar-refractivity contribution in [1.82, 2.24) is 0 Å². The zero-order valence-corrected chi connectivity index (χ0v) is 11.2. The van der Waals surface area contributed by atoms with Crippen molar-refractivity contribution in [3.63, 3.8) is 0 Å². The average Bonchev–Trinajstić information content (AvgIpc) is 2.60. The molecule has 1 aliphatic heterocycles. The number of anilines is 1. The molecule has 0 radical (unpaired) electrons. The molecule has 0 bridgehead atoms. The number of carbonyl (C=O) groups excluding carboxylic acids is 1. The number of non-ortho nitro benzene ring substituents is 1. The Morgan fingerprint density at radius 3 is 2.79 bits per heavy atom. The molecule has 0 amide bonds. The number of hydroxylamine groups is 1. The average molecular weight is 264 g/mol. The molecule has 0 atom stereocenters. The number of nitrogens with zero attached hydrogens (tertiary/aromatic N) is 2. The summed E-state index contributed by atoms with van der Waals surface area (Å²) in [7, 11) is 0. The predicted octanol–water partition coefficient (Wildman–Crippen LogP) is 2.56. The van der Waals surface area contributed by atoms with Gasteiger partial charge in [0.2, 0.25) is 0 Å². The second kappa shape index (κ2) is 4.53. The Labute approximate surface area is 111 Å². The minimum absolute atomic E-state index is 0.00556. The first-order chi connectivity index (χ1) is 8.85. The van der Waals surface area contributed by atoms with Crippen molar-refractivity contribution in [3.05, 3.63) is 33.9 Å². The molecule has 2 rings (SSSR count). The third-order valence-corrected chi connectivity index (χ3v) is 3.23. The van der Waals surface area contributed by atoms with Gasteiger partial charge in [-0.25, -0.2) is 9.86 Å². The van der Waals surface area contributed by atoms with Crippen molar-refractivity contribution >= 4 is 17.3 Å². The third kappa shape index (κ3) is 2.38. The van der Waals surface area contributed by atoms with Gasteiger partial charge in [-0.3, -0.25) is 10.1 Å². The number of fused-ring (bicyclic) bond motifs is 1. The minimum atomic E-state index is -0.453. The highest BCUT2D eigenvalue weighted by atomic mass is 16.7. The van der Waals surface area contributed by atoms with Crippen molar-refractivity contribution in [2.75, 3.05) is 11.6 Å². The monoisotopic (exact) mass is 264 g/mol. The van der Waals surface area contributed by atoms with Crippen LogP contribution in [-0.4, -0.2) is 17.4 Å². The summed E-state index contributed by atoms with van der Waals surface area (Å²) in [5.74, 6) is -0.352. The molecule has 0 aliphatic carbocycles. The van der Waals surface area contributed by atoms with Gasteiger partial charge in [0.15, 0.2) is 0 Å². The zero-order valence-electron chi connectivity index (χ0n) is 11.2. The van der Waals surface area contributed by atoms with Crippen LogP contribution in [0.2, 0.25) is 0 Å². The summed E-state index contributed by atoms with van der Waals surface area (Å²) in [6.45, 7) is 6.22. The molecule has 0 saturated carbocycles. The molecule has 0 aromatic heterocycles. The summed E-state index contributed by atoms with van der Waals surface area (Å²) >= 11 is 0. The minimum Gasteiger partial charge on any atom is -0.341 e. The first-order valence-corrected chi connectivity index (χ1v) is 6.12. The summed E-state index contributed by atoms with van der Waals surface area (Å²) in [6, 6.07) is 4.66. The van der Waals surface area contributed by atoms with Crippen molar-refractivity contribution in [2.45, 2.75) is 32.6 Å². The number of carbonyl (C=O) groups is 1. The fourth-order valence-corrected chi connectivity index (χ4v) is 2.21. The lowest BCUT2D eigenvalue weighted by Gasteiger charge is -2.20. The van der Waals surface area contributed by atoms with E-state index in [1.54, 1.807) is 13.0 Å². The Morgan fingerprint density at radius 1 is 1.53 bits per heavy atom. The Bertz CT molecular complexity index is 539. The molecule has 102 valence electrons. The van der Waals surface area contributed by atoms with E-state index in [-0.39, 0.29) is 23.5 Å². The van der Waals surface area contributed by atoms with Gasteiger partial charge in [0.1, 0.15) is 0 Å². The Morgan fingerprint density at radius 2 is 2.21 bits per heavy atom. The van der Waals surface area contributed by atoms with Crippen molar-refractivity contribution in [2.24, 2.45) is 0 Å². The zero-order chi connectivity index (χ0) is 14.2. The van der Waals surface area contributed by atoms with Crippen molar-refractivity contribution < 1.29 is 14.6 Å². The molecular formula is C13H16N2O4. The van der Waals surface area contributed by atoms with Gasteiger partial charge in [-0.05, 0) is 11.6 Å². The van der Waals surface area contributed by atoms with Gasteiger partial charge in [0.05, 0.1) is 17.2 Å². The van der Waals surface area contributed by atoms with Gasteiger partial charge in [0.25, 0.3) is 5.69 Å². The highest BCUT2D eigenvalue weighted by molar-refractivity contribution is 5.73. The van der Waals surface area contributed by atoms with Gasteiger partial charge in [-0.15, -0.1) is 0 Å². The van der Waals surface area contributed by atoms with E-state index < -0.39 is 4.92 Å². The first-order valence-electron chi connectivity index (χ1n) is 6.12. The molecule has 0 unspecified atom stereocenters. The van der Waals surface area contributed by atoms with Crippen molar-refractivity contribution in [1.29, 1.82) is 0 Å². The maximum atomic E-state index is 11.4. The Balaban J connectivity index is 2.41. The van der Waals surface area contributed by atoms with E-state index in [2.05, 4.69) is 0 Å². The first kappa shape index (κ1) is 13.3. The summed E-state index contributed by atoms with van der Waals surface area (Å²) < 4.78 is 0. The standard InChI is InChI=1S/C13H16N2O4/c1-4-12(16)19-14-8-13(2,3)10-6-5-9(15(17)18)7-11(10)14/h5-7H,4,8H2,1-3H3. The van der Waals surface area contributed by atoms with Crippen LogP contribution in [0.5, 0.6) is 0 Å². The van der Waals surface area contributed by atoms with E-state index in [9.17, 15) is 14.9 Å². The summed E-state index contributed by atoms with van der Waals surface area (Å²) in [5, 5.41) is 12.3. The molecule has 0 saturated heterocycles. The quantitative estimate of drug-likeness (QED) is 0.619. The molecule has 6 heteroatoms. The molecule has 1 heterocycles. The van der Waals surface area contributed by atoms with E-state index in [0.29, 0.717) is 12.2 Å². The molecule has 1 aliphatic rings. The second-order valence-electron chi connectivity index (χ2n) is 5.20. The van der Waals surface area contributed by atoms with Crippen LogP contribution in [-0.2, 0) is 15.0 Å². The number of nitro groups is 1. The molecule has 0 N–H and O–H groups in total. The fraction of sp³-hybridized carbons (Fsp3) is 0.462. The fourth-order valence-electron chi connectivity index (χ4n) is 2.21. The maximum Gasteiger partial charge on any atom is 0.332 e. The van der Waals surface area contributed by atoms with Crippen LogP contribution in [0.3, 0.4) is 0 Å². The molecule has 19 heavy (non-hydrogen) atoms. The SMILES string of the molecule is CCC(=O)ON1CC(C)(C)c2ccc([N+](=O)[O-])cc21. The van der Waals surface area contributed by atoms with Gasteiger partial charge in [-0.2, -0.15) is 0 Å². The van der Waals surface area contributed by atoms with Crippen LogP contribution in [0.15, 0.2) is 18.2 Å². The molecular weight excluding hydrogens is 248 g/mol. The number of benzene rings is 1. The Kier molecular flexibility index (Phi) is 3.18. The van der Waals surface area contributed by atoms with Gasteiger partial charge in [0, 0.05) is 24.0 Å². The molecule has 1 aromatic rings. The summed E-state index contributed by atoms with van der Waals surface area (Å²) in [4.78, 5) is 27.0. The second-order valence-corrected chi connectivity index (χ2v) is 5.20. The summed E-state index contributed by atoms with van der Waals surface area (Å²) in [5.41, 5.74) is 1.33. The predicted molar refractivity (Wildman–Crippen MR) is 69.9 cm³/mol. The summed E-state index contributed by atoms with van der Waals surface area (Å²) in [6.07, 6.45) is 0.265. The maximum absolute atomic E-state index is 11.4. The largest absolute Gasteiger partial charge is 0.341 e.